The molecule has 0 aromatic rings. The molecule has 0 bridgehead atoms. The number of carbonyl (C=O) groups is 1. The molecule has 0 aliphatic heterocycles. The third-order valence-electron chi connectivity index (χ3n) is 4.63. The van der Waals surface area contributed by atoms with Crippen molar-refractivity contribution in [1.82, 2.24) is 0 Å². The number of carbonyl (C=O) groups excluding carboxylic acids is 1. The van der Waals surface area contributed by atoms with Crippen LogP contribution in [0.3, 0.4) is 0 Å². The molecule has 0 saturated heterocycles. The van der Waals surface area contributed by atoms with Crippen LogP contribution in [-0.4, -0.2) is 35.5 Å². The van der Waals surface area contributed by atoms with Crippen LogP contribution in [0.5, 0.6) is 0 Å². The second-order valence-electron chi connectivity index (χ2n) is 7.22. The van der Waals surface area contributed by atoms with Gasteiger partial charge in [-0.3, -0.25) is 4.79 Å². The molecule has 2 N–H and O–H groups in total. The van der Waals surface area contributed by atoms with Crippen molar-refractivity contribution in [2.24, 2.45) is 0 Å². The Hall–Kier alpha value is -0.130. The van der Waals surface area contributed by atoms with Crippen LogP contribution in [-0.2, 0) is 9.53 Å². The molecule has 0 amide bonds. The van der Waals surface area contributed by atoms with Crippen molar-refractivity contribution < 1.29 is 19.7 Å². The van der Waals surface area contributed by atoms with E-state index in [1.807, 2.05) is 0 Å². The number of hydrogen-bond acceptors (Lipinski definition) is 4. The molecule has 26 heavy (non-hydrogen) atoms. The number of hydrogen-bond donors (Lipinski definition) is 2. The second kappa shape index (κ2) is 22.9. The van der Waals surface area contributed by atoms with Crippen molar-refractivity contribution in [1.29, 1.82) is 0 Å². The van der Waals surface area contributed by atoms with Gasteiger partial charge in [0.2, 0.25) is 0 Å². The summed E-state index contributed by atoms with van der Waals surface area (Å²) in [7, 11) is 0. The zero-order valence-electron chi connectivity index (χ0n) is 16.9. The highest BCUT2D eigenvalue weighted by molar-refractivity contribution is 8.93. The van der Waals surface area contributed by atoms with Crippen molar-refractivity contribution >= 4 is 23.0 Å². The van der Waals surface area contributed by atoms with E-state index in [0.717, 1.165) is 12.8 Å². The Morgan fingerprint density at radius 1 is 0.769 bits per heavy atom. The van der Waals surface area contributed by atoms with Crippen LogP contribution in [0, 0.1) is 0 Å². The fraction of sp³-hybridized carbons (Fsp3) is 0.952. The molecular formula is C21H43BrO4. The Morgan fingerprint density at radius 3 is 1.54 bits per heavy atom. The average Bonchev–Trinajstić information content (AvgIpc) is 2.62. The molecule has 5 heteroatoms. The molecule has 0 heterocycles. The first-order valence-electron chi connectivity index (χ1n) is 10.6. The van der Waals surface area contributed by atoms with Crippen LogP contribution < -0.4 is 0 Å². The van der Waals surface area contributed by atoms with E-state index < -0.39 is 6.10 Å². The lowest BCUT2D eigenvalue weighted by Crippen LogP contribution is -2.21. The van der Waals surface area contributed by atoms with Crippen molar-refractivity contribution in [3.63, 3.8) is 0 Å². The lowest BCUT2D eigenvalue weighted by molar-refractivity contribution is -0.147. The van der Waals surface area contributed by atoms with Gasteiger partial charge in [0.25, 0.3) is 0 Å². The van der Waals surface area contributed by atoms with E-state index >= 15 is 0 Å². The van der Waals surface area contributed by atoms with Crippen LogP contribution in [0.15, 0.2) is 0 Å². The third kappa shape index (κ3) is 21.9. The summed E-state index contributed by atoms with van der Waals surface area (Å²) in [4.78, 5) is 11.4. The molecule has 0 aliphatic carbocycles. The molecule has 1 atom stereocenters. The molecule has 0 radical (unpaired) electrons. The highest BCUT2D eigenvalue weighted by atomic mass is 79.9. The normalized spacial score (nSPS) is 11.8. The van der Waals surface area contributed by atoms with Crippen LogP contribution in [0.1, 0.15) is 110 Å². The second-order valence-corrected chi connectivity index (χ2v) is 7.22. The highest BCUT2D eigenvalue weighted by Crippen LogP contribution is 2.13. The number of rotatable bonds is 19. The van der Waals surface area contributed by atoms with Gasteiger partial charge in [0.1, 0.15) is 12.7 Å². The van der Waals surface area contributed by atoms with E-state index in [9.17, 15) is 4.79 Å². The first kappa shape index (κ1) is 28.1. The molecule has 1 unspecified atom stereocenters. The molecular weight excluding hydrogens is 396 g/mol. The number of aliphatic hydroxyl groups is 2. The SMILES string of the molecule is Br.CCCCCCCCCCCCCCCCCC(=O)OCC(O)CO. The topological polar surface area (TPSA) is 66.8 Å². The van der Waals surface area contributed by atoms with Gasteiger partial charge in [0, 0.05) is 6.42 Å². The van der Waals surface area contributed by atoms with E-state index in [2.05, 4.69) is 6.92 Å². The lowest BCUT2D eigenvalue weighted by Gasteiger charge is -2.08. The Kier molecular flexibility index (Phi) is 24.7. The average molecular weight is 439 g/mol. The van der Waals surface area contributed by atoms with E-state index in [-0.39, 0.29) is 36.2 Å². The van der Waals surface area contributed by atoms with Gasteiger partial charge >= 0.3 is 5.97 Å². The maximum Gasteiger partial charge on any atom is 0.305 e. The molecule has 0 spiro atoms. The lowest BCUT2D eigenvalue weighted by atomic mass is 10.0. The molecule has 0 saturated carbocycles. The molecule has 0 fully saturated rings. The third-order valence-corrected chi connectivity index (χ3v) is 4.63. The predicted molar refractivity (Wildman–Crippen MR) is 114 cm³/mol. The van der Waals surface area contributed by atoms with E-state index in [1.54, 1.807) is 0 Å². The van der Waals surface area contributed by atoms with E-state index in [0.29, 0.717) is 6.42 Å². The van der Waals surface area contributed by atoms with Crippen LogP contribution in [0.25, 0.3) is 0 Å². The summed E-state index contributed by atoms with van der Waals surface area (Å²) in [5, 5.41) is 17.7. The molecule has 0 rings (SSSR count). The summed E-state index contributed by atoms with van der Waals surface area (Å²) < 4.78 is 4.86. The monoisotopic (exact) mass is 438 g/mol. The number of halogens is 1. The minimum atomic E-state index is -0.954. The zero-order chi connectivity index (χ0) is 18.6. The highest BCUT2D eigenvalue weighted by Gasteiger charge is 2.07. The number of ether oxygens (including phenoxy) is 1. The van der Waals surface area contributed by atoms with Gasteiger partial charge in [0.15, 0.2) is 0 Å². The number of aliphatic hydroxyl groups excluding tert-OH is 2. The number of esters is 1. The molecule has 0 aromatic heterocycles. The van der Waals surface area contributed by atoms with Crippen molar-refractivity contribution in [2.75, 3.05) is 13.2 Å². The van der Waals surface area contributed by atoms with Crippen molar-refractivity contribution in [3.05, 3.63) is 0 Å². The van der Waals surface area contributed by atoms with Crippen LogP contribution in [0.2, 0.25) is 0 Å². The maximum absolute atomic E-state index is 11.4. The maximum atomic E-state index is 11.4. The first-order valence-corrected chi connectivity index (χ1v) is 10.6. The molecule has 4 nitrogen and oxygen atoms in total. The predicted octanol–water partition coefficient (Wildman–Crippen LogP) is 5.72. The molecule has 0 aromatic carbocycles. The van der Waals surface area contributed by atoms with Gasteiger partial charge in [-0.25, -0.2) is 0 Å². The Labute approximate surface area is 171 Å². The Morgan fingerprint density at radius 2 is 1.15 bits per heavy atom. The quantitative estimate of drug-likeness (QED) is 0.199. The van der Waals surface area contributed by atoms with E-state index in [1.165, 1.54) is 83.5 Å². The summed E-state index contributed by atoms with van der Waals surface area (Å²) in [6, 6.07) is 0. The van der Waals surface area contributed by atoms with Crippen LogP contribution >= 0.6 is 17.0 Å². The largest absolute Gasteiger partial charge is 0.463 e. The number of unbranched alkanes of at least 4 members (excludes halogenated alkanes) is 14. The van der Waals surface area contributed by atoms with Gasteiger partial charge in [-0.2, -0.15) is 0 Å². The minimum absolute atomic E-state index is 0. The van der Waals surface area contributed by atoms with Crippen molar-refractivity contribution in [2.45, 2.75) is 116 Å². The smallest absolute Gasteiger partial charge is 0.305 e. The van der Waals surface area contributed by atoms with Gasteiger partial charge in [0.05, 0.1) is 6.61 Å². The molecule has 0 aliphatic rings. The van der Waals surface area contributed by atoms with Gasteiger partial charge in [-0.1, -0.05) is 96.8 Å². The summed E-state index contributed by atoms with van der Waals surface area (Å²) >= 11 is 0. The first-order chi connectivity index (χ1) is 12.2. The van der Waals surface area contributed by atoms with Crippen LogP contribution in [0.4, 0.5) is 0 Å². The standard InChI is InChI=1S/C21H42O4.BrH/c1-2-3-4-5-6-7-8-9-10-11-12-13-14-15-16-17-21(24)25-19-20(23)18-22;/h20,22-23H,2-19H2,1H3;1H. The fourth-order valence-corrected chi connectivity index (χ4v) is 2.95. The minimum Gasteiger partial charge on any atom is -0.463 e. The van der Waals surface area contributed by atoms with Gasteiger partial charge < -0.3 is 14.9 Å². The van der Waals surface area contributed by atoms with Gasteiger partial charge in [-0.15, -0.1) is 17.0 Å². The van der Waals surface area contributed by atoms with E-state index in [4.69, 9.17) is 14.9 Å². The fourth-order valence-electron chi connectivity index (χ4n) is 2.95. The summed E-state index contributed by atoms with van der Waals surface area (Å²) in [6.07, 6.45) is 19.0. The zero-order valence-corrected chi connectivity index (χ0v) is 18.6. The Balaban J connectivity index is 0. The Bertz CT molecular complexity index is 287. The summed E-state index contributed by atoms with van der Waals surface area (Å²) in [5.74, 6) is -0.276. The summed E-state index contributed by atoms with van der Waals surface area (Å²) in [5.41, 5.74) is 0. The summed E-state index contributed by atoms with van der Waals surface area (Å²) in [6.45, 7) is 1.79. The molecule has 158 valence electrons. The van der Waals surface area contributed by atoms with Crippen molar-refractivity contribution in [3.8, 4) is 0 Å². The van der Waals surface area contributed by atoms with Gasteiger partial charge in [-0.05, 0) is 6.42 Å².